The molecule has 134 valence electrons. The molecule has 0 spiro atoms. The number of nitrogens with zero attached hydrogens (tertiary/aromatic N) is 1. The number of guanidine groups is 1. The summed E-state index contributed by atoms with van der Waals surface area (Å²) in [4.78, 5) is 4.25. The molecule has 0 bridgehead atoms. The molecule has 0 radical (unpaired) electrons. The molecule has 0 aliphatic carbocycles. The molecule has 0 atom stereocenters. The topological polar surface area (TPSA) is 54.9 Å². The van der Waals surface area contributed by atoms with E-state index in [0.29, 0.717) is 6.54 Å². The molecule has 0 aliphatic heterocycles. The standard InChI is InChI=1S/C20H27N3O2/c1-21-20(23-16-17-10-6-7-13-19(17)24-2)22-14-8-9-15-25-18-11-4-3-5-12-18/h3-7,10-13H,8-9,14-16H2,1-2H3,(H2,21,22,23). The molecule has 2 N–H and O–H groups in total. The maximum Gasteiger partial charge on any atom is 0.191 e. The highest BCUT2D eigenvalue weighted by molar-refractivity contribution is 5.79. The highest BCUT2D eigenvalue weighted by Crippen LogP contribution is 2.16. The highest BCUT2D eigenvalue weighted by atomic mass is 16.5. The number of hydrogen-bond donors (Lipinski definition) is 2. The summed E-state index contributed by atoms with van der Waals surface area (Å²) in [6.45, 7) is 2.24. The Hall–Kier alpha value is -2.69. The van der Waals surface area contributed by atoms with Crippen molar-refractivity contribution in [1.29, 1.82) is 0 Å². The van der Waals surface area contributed by atoms with E-state index in [1.54, 1.807) is 14.2 Å². The Morgan fingerprint density at radius 3 is 2.48 bits per heavy atom. The molecule has 0 unspecified atom stereocenters. The van der Waals surface area contributed by atoms with Crippen molar-refractivity contribution >= 4 is 5.96 Å². The second-order valence-corrected chi connectivity index (χ2v) is 5.53. The van der Waals surface area contributed by atoms with Crippen molar-refractivity contribution in [3.63, 3.8) is 0 Å². The zero-order chi connectivity index (χ0) is 17.7. The smallest absolute Gasteiger partial charge is 0.191 e. The van der Waals surface area contributed by atoms with Gasteiger partial charge in [-0.1, -0.05) is 36.4 Å². The van der Waals surface area contributed by atoms with Crippen LogP contribution in [0.5, 0.6) is 11.5 Å². The van der Waals surface area contributed by atoms with Crippen molar-refractivity contribution in [3.05, 3.63) is 60.2 Å². The summed E-state index contributed by atoms with van der Waals surface area (Å²) < 4.78 is 11.0. The van der Waals surface area contributed by atoms with Gasteiger partial charge in [-0.15, -0.1) is 0 Å². The van der Waals surface area contributed by atoms with Gasteiger partial charge in [0.2, 0.25) is 0 Å². The van der Waals surface area contributed by atoms with E-state index in [1.807, 2.05) is 54.6 Å². The molecule has 2 aromatic rings. The molecule has 0 saturated heterocycles. The minimum atomic E-state index is 0.667. The van der Waals surface area contributed by atoms with Crippen LogP contribution in [0.4, 0.5) is 0 Å². The first-order valence-corrected chi connectivity index (χ1v) is 8.57. The third-order valence-corrected chi connectivity index (χ3v) is 3.74. The monoisotopic (exact) mass is 341 g/mol. The average Bonchev–Trinajstić information content (AvgIpc) is 2.68. The van der Waals surface area contributed by atoms with Crippen LogP contribution in [0.2, 0.25) is 0 Å². The minimum Gasteiger partial charge on any atom is -0.496 e. The van der Waals surface area contributed by atoms with Crippen LogP contribution in [0.3, 0.4) is 0 Å². The number of para-hydroxylation sites is 2. The van der Waals surface area contributed by atoms with Gasteiger partial charge in [-0.05, 0) is 31.0 Å². The fourth-order valence-corrected chi connectivity index (χ4v) is 2.39. The van der Waals surface area contributed by atoms with Crippen molar-refractivity contribution in [1.82, 2.24) is 10.6 Å². The Labute approximate surface area is 150 Å². The first-order chi connectivity index (χ1) is 12.3. The lowest BCUT2D eigenvalue weighted by Crippen LogP contribution is -2.37. The largest absolute Gasteiger partial charge is 0.496 e. The van der Waals surface area contributed by atoms with Gasteiger partial charge in [0.1, 0.15) is 11.5 Å². The normalized spacial score (nSPS) is 11.0. The van der Waals surface area contributed by atoms with Gasteiger partial charge in [0, 0.05) is 25.7 Å². The molecule has 0 aromatic heterocycles. The van der Waals surface area contributed by atoms with Crippen LogP contribution in [-0.2, 0) is 6.54 Å². The van der Waals surface area contributed by atoms with E-state index in [2.05, 4.69) is 15.6 Å². The van der Waals surface area contributed by atoms with Crippen molar-refractivity contribution < 1.29 is 9.47 Å². The summed E-state index contributed by atoms with van der Waals surface area (Å²) >= 11 is 0. The first kappa shape index (κ1) is 18.6. The van der Waals surface area contributed by atoms with Gasteiger partial charge in [0.15, 0.2) is 5.96 Å². The fourth-order valence-electron chi connectivity index (χ4n) is 2.39. The van der Waals surface area contributed by atoms with Gasteiger partial charge < -0.3 is 20.1 Å². The number of rotatable bonds is 9. The lowest BCUT2D eigenvalue weighted by Gasteiger charge is -2.13. The average molecular weight is 341 g/mol. The van der Waals surface area contributed by atoms with Crippen LogP contribution in [0.25, 0.3) is 0 Å². The number of hydrogen-bond acceptors (Lipinski definition) is 3. The van der Waals surface area contributed by atoms with E-state index in [1.165, 1.54) is 0 Å². The zero-order valence-electron chi connectivity index (χ0n) is 15.0. The second kappa shape index (κ2) is 11.0. The number of benzene rings is 2. The molecule has 5 nitrogen and oxygen atoms in total. The fraction of sp³-hybridized carbons (Fsp3) is 0.350. The Kier molecular flexibility index (Phi) is 8.18. The Morgan fingerprint density at radius 1 is 0.960 bits per heavy atom. The summed E-state index contributed by atoms with van der Waals surface area (Å²) in [7, 11) is 3.46. The summed E-state index contributed by atoms with van der Waals surface area (Å²) in [5, 5.41) is 6.62. The van der Waals surface area contributed by atoms with Gasteiger partial charge >= 0.3 is 0 Å². The van der Waals surface area contributed by atoms with Crippen LogP contribution in [0.1, 0.15) is 18.4 Å². The lowest BCUT2D eigenvalue weighted by atomic mass is 10.2. The number of nitrogens with one attached hydrogen (secondary N) is 2. The Bertz CT molecular complexity index is 644. The minimum absolute atomic E-state index is 0.667. The second-order valence-electron chi connectivity index (χ2n) is 5.53. The molecule has 25 heavy (non-hydrogen) atoms. The van der Waals surface area contributed by atoms with Crippen molar-refractivity contribution in [2.45, 2.75) is 19.4 Å². The van der Waals surface area contributed by atoms with Gasteiger partial charge in [0.25, 0.3) is 0 Å². The number of ether oxygens (including phenoxy) is 2. The van der Waals surface area contributed by atoms with E-state index < -0.39 is 0 Å². The predicted molar refractivity (Wildman–Crippen MR) is 102 cm³/mol. The summed E-state index contributed by atoms with van der Waals surface area (Å²) in [6.07, 6.45) is 2.01. The molecule has 5 heteroatoms. The summed E-state index contributed by atoms with van der Waals surface area (Å²) in [5.41, 5.74) is 1.10. The van der Waals surface area contributed by atoms with Crippen LogP contribution in [-0.4, -0.2) is 33.3 Å². The van der Waals surface area contributed by atoms with Gasteiger partial charge in [-0.2, -0.15) is 0 Å². The molecule has 0 amide bonds. The van der Waals surface area contributed by atoms with Crippen LogP contribution >= 0.6 is 0 Å². The van der Waals surface area contributed by atoms with Gasteiger partial charge in [-0.3, -0.25) is 4.99 Å². The maximum atomic E-state index is 5.68. The number of methoxy groups -OCH3 is 1. The molecule has 0 fully saturated rings. The van der Waals surface area contributed by atoms with Crippen LogP contribution in [0.15, 0.2) is 59.6 Å². The molecule has 0 heterocycles. The number of aliphatic imine (C=N–C) groups is 1. The molecular weight excluding hydrogens is 314 g/mol. The Morgan fingerprint density at radius 2 is 1.72 bits per heavy atom. The molecule has 0 aliphatic rings. The first-order valence-electron chi connectivity index (χ1n) is 8.57. The summed E-state index contributed by atoms with van der Waals surface area (Å²) in [5.74, 6) is 2.59. The number of unbranched alkanes of at least 4 members (excludes halogenated alkanes) is 1. The van der Waals surface area contributed by atoms with Crippen molar-refractivity contribution in [2.75, 3.05) is 27.3 Å². The zero-order valence-corrected chi connectivity index (χ0v) is 15.0. The van der Waals surface area contributed by atoms with E-state index in [4.69, 9.17) is 9.47 Å². The van der Waals surface area contributed by atoms with Crippen molar-refractivity contribution in [2.24, 2.45) is 4.99 Å². The summed E-state index contributed by atoms with van der Waals surface area (Å²) in [6, 6.07) is 17.9. The SMILES string of the molecule is CN=C(NCCCCOc1ccccc1)NCc1ccccc1OC. The molecule has 0 saturated carbocycles. The Balaban J connectivity index is 1.62. The molecule has 2 aromatic carbocycles. The van der Waals surface area contributed by atoms with E-state index >= 15 is 0 Å². The van der Waals surface area contributed by atoms with Crippen LogP contribution in [0, 0.1) is 0 Å². The van der Waals surface area contributed by atoms with Gasteiger partial charge in [0.05, 0.1) is 13.7 Å². The lowest BCUT2D eigenvalue weighted by molar-refractivity contribution is 0.307. The highest BCUT2D eigenvalue weighted by Gasteiger charge is 2.03. The van der Waals surface area contributed by atoms with Gasteiger partial charge in [-0.25, -0.2) is 0 Å². The van der Waals surface area contributed by atoms with Crippen LogP contribution < -0.4 is 20.1 Å². The van der Waals surface area contributed by atoms with Crippen molar-refractivity contribution in [3.8, 4) is 11.5 Å². The molecular formula is C20H27N3O2. The van der Waals surface area contributed by atoms with E-state index in [0.717, 1.165) is 49.0 Å². The third kappa shape index (κ3) is 6.75. The predicted octanol–water partition coefficient (Wildman–Crippen LogP) is 3.22. The quantitative estimate of drug-likeness (QED) is 0.418. The van der Waals surface area contributed by atoms with E-state index in [-0.39, 0.29) is 0 Å². The molecule has 2 rings (SSSR count). The van der Waals surface area contributed by atoms with E-state index in [9.17, 15) is 0 Å². The third-order valence-electron chi connectivity index (χ3n) is 3.74. The maximum absolute atomic E-state index is 5.68.